The van der Waals surface area contributed by atoms with Gasteiger partial charge < -0.3 is 10.4 Å². The van der Waals surface area contributed by atoms with Crippen LogP contribution in [0.1, 0.15) is 34.5 Å². The van der Waals surface area contributed by atoms with Gasteiger partial charge in [0.2, 0.25) is 0 Å². The van der Waals surface area contributed by atoms with E-state index in [2.05, 4.69) is 15.5 Å². The van der Waals surface area contributed by atoms with Gasteiger partial charge in [-0.05, 0) is 43.8 Å². The Kier molecular flexibility index (Phi) is 4.06. The van der Waals surface area contributed by atoms with Crippen LogP contribution < -0.4 is 5.32 Å². The molecular weight excluding hydrogens is 250 g/mol. The monoisotopic (exact) mass is 267 g/mol. The van der Waals surface area contributed by atoms with Crippen LogP contribution in [0.4, 0.5) is 5.82 Å². The standard InChI is InChI=1S/C12H17N3O2S/c1-7-8(2)14-15-11(10(7)12(16)17)13-9-3-5-18-6-4-9/h9H,3-6H2,1-2H3,(H,13,15)(H,16,17). The molecule has 0 radical (unpaired) electrons. The number of rotatable bonds is 3. The van der Waals surface area contributed by atoms with Crippen LogP contribution in [0, 0.1) is 13.8 Å². The number of hydrogen-bond acceptors (Lipinski definition) is 5. The fourth-order valence-corrected chi connectivity index (χ4v) is 3.11. The second-order valence-corrected chi connectivity index (χ2v) is 5.69. The van der Waals surface area contributed by atoms with Crippen molar-refractivity contribution < 1.29 is 9.90 Å². The first kappa shape index (κ1) is 13.1. The van der Waals surface area contributed by atoms with Gasteiger partial charge in [-0.3, -0.25) is 0 Å². The number of aryl methyl sites for hydroxylation is 1. The van der Waals surface area contributed by atoms with Gasteiger partial charge in [0.15, 0.2) is 5.82 Å². The van der Waals surface area contributed by atoms with Gasteiger partial charge in [-0.2, -0.15) is 16.9 Å². The Bertz CT molecular complexity index is 459. The average molecular weight is 267 g/mol. The van der Waals surface area contributed by atoms with E-state index >= 15 is 0 Å². The molecule has 0 aromatic carbocycles. The quantitative estimate of drug-likeness (QED) is 0.873. The van der Waals surface area contributed by atoms with Crippen molar-refractivity contribution in [2.75, 3.05) is 16.8 Å². The number of carboxylic acid groups (broad SMARTS) is 1. The Hall–Kier alpha value is -1.30. The minimum atomic E-state index is -0.946. The fourth-order valence-electron chi connectivity index (χ4n) is 2.01. The average Bonchev–Trinajstić information content (AvgIpc) is 2.35. The summed E-state index contributed by atoms with van der Waals surface area (Å²) in [6.07, 6.45) is 2.08. The molecule has 6 heteroatoms. The Balaban J connectivity index is 2.26. The number of carbonyl (C=O) groups is 1. The number of hydrogen-bond donors (Lipinski definition) is 2. The van der Waals surface area contributed by atoms with E-state index in [-0.39, 0.29) is 5.56 Å². The van der Waals surface area contributed by atoms with E-state index in [0.717, 1.165) is 24.3 Å². The van der Waals surface area contributed by atoms with Gasteiger partial charge in [-0.15, -0.1) is 5.10 Å². The maximum atomic E-state index is 11.3. The summed E-state index contributed by atoms with van der Waals surface area (Å²) in [5.41, 5.74) is 1.60. The van der Waals surface area contributed by atoms with Crippen LogP contribution in [0.15, 0.2) is 0 Å². The molecule has 5 nitrogen and oxygen atoms in total. The molecule has 2 heterocycles. The second-order valence-electron chi connectivity index (χ2n) is 4.47. The van der Waals surface area contributed by atoms with E-state index in [1.165, 1.54) is 0 Å². The Morgan fingerprint density at radius 2 is 2.00 bits per heavy atom. The highest BCUT2D eigenvalue weighted by molar-refractivity contribution is 7.99. The van der Waals surface area contributed by atoms with Crippen molar-refractivity contribution in [1.29, 1.82) is 0 Å². The number of carboxylic acids is 1. The van der Waals surface area contributed by atoms with E-state index in [4.69, 9.17) is 0 Å². The van der Waals surface area contributed by atoms with Crippen molar-refractivity contribution in [3.63, 3.8) is 0 Å². The lowest BCUT2D eigenvalue weighted by molar-refractivity contribution is 0.0696. The minimum absolute atomic E-state index is 0.251. The second kappa shape index (κ2) is 5.56. The number of nitrogens with one attached hydrogen (secondary N) is 1. The number of aromatic carboxylic acids is 1. The lowest BCUT2D eigenvalue weighted by Gasteiger charge is -2.23. The van der Waals surface area contributed by atoms with Crippen LogP contribution in [0.3, 0.4) is 0 Å². The molecule has 2 rings (SSSR count). The molecule has 0 aliphatic carbocycles. The summed E-state index contributed by atoms with van der Waals surface area (Å²) in [6.45, 7) is 3.55. The number of nitrogens with zero attached hydrogens (tertiary/aromatic N) is 2. The molecule has 18 heavy (non-hydrogen) atoms. The van der Waals surface area contributed by atoms with E-state index in [0.29, 0.717) is 23.1 Å². The molecule has 2 N–H and O–H groups in total. The predicted octanol–water partition coefficient (Wildman–Crippen LogP) is 2.10. The largest absolute Gasteiger partial charge is 0.478 e. The van der Waals surface area contributed by atoms with Gasteiger partial charge in [0.05, 0.1) is 5.69 Å². The van der Waals surface area contributed by atoms with E-state index < -0.39 is 5.97 Å². The summed E-state index contributed by atoms with van der Waals surface area (Å²) in [6, 6.07) is 0.306. The molecule has 1 fully saturated rings. The zero-order chi connectivity index (χ0) is 13.1. The SMILES string of the molecule is Cc1nnc(NC2CCSCC2)c(C(=O)O)c1C. The van der Waals surface area contributed by atoms with Gasteiger partial charge in [0, 0.05) is 6.04 Å². The summed E-state index contributed by atoms with van der Waals surface area (Å²) < 4.78 is 0. The molecular formula is C12H17N3O2S. The first-order chi connectivity index (χ1) is 8.59. The lowest BCUT2D eigenvalue weighted by atomic mass is 10.1. The van der Waals surface area contributed by atoms with Gasteiger partial charge in [0.1, 0.15) is 5.56 Å². The predicted molar refractivity (Wildman–Crippen MR) is 72.4 cm³/mol. The van der Waals surface area contributed by atoms with Crippen LogP contribution in [0.2, 0.25) is 0 Å². The summed E-state index contributed by atoms with van der Waals surface area (Å²) in [7, 11) is 0. The molecule has 0 saturated carbocycles. The van der Waals surface area contributed by atoms with Crippen LogP contribution in [-0.2, 0) is 0 Å². The Morgan fingerprint density at radius 3 is 2.61 bits per heavy atom. The van der Waals surface area contributed by atoms with Crippen LogP contribution >= 0.6 is 11.8 Å². The molecule has 0 unspecified atom stereocenters. The summed E-state index contributed by atoms with van der Waals surface area (Å²) in [5.74, 6) is 1.68. The van der Waals surface area contributed by atoms with Gasteiger partial charge in [-0.1, -0.05) is 0 Å². The molecule has 0 atom stereocenters. The van der Waals surface area contributed by atoms with Crippen molar-refractivity contribution in [3.05, 3.63) is 16.8 Å². The molecule has 1 aliphatic heterocycles. The van der Waals surface area contributed by atoms with E-state index in [9.17, 15) is 9.90 Å². The van der Waals surface area contributed by atoms with Crippen LogP contribution in [0.5, 0.6) is 0 Å². The third-order valence-electron chi connectivity index (χ3n) is 3.23. The molecule has 1 aromatic heterocycles. The zero-order valence-electron chi connectivity index (χ0n) is 10.6. The van der Waals surface area contributed by atoms with Crippen molar-refractivity contribution in [2.24, 2.45) is 0 Å². The maximum absolute atomic E-state index is 11.3. The van der Waals surface area contributed by atoms with Gasteiger partial charge >= 0.3 is 5.97 Å². The first-order valence-electron chi connectivity index (χ1n) is 6.01. The normalized spacial score (nSPS) is 16.6. The van der Waals surface area contributed by atoms with Crippen LogP contribution in [0.25, 0.3) is 0 Å². The molecule has 1 saturated heterocycles. The number of anilines is 1. The van der Waals surface area contributed by atoms with Gasteiger partial charge in [0.25, 0.3) is 0 Å². The molecule has 0 bridgehead atoms. The van der Waals surface area contributed by atoms with Crippen molar-refractivity contribution >= 4 is 23.5 Å². The topological polar surface area (TPSA) is 75.1 Å². The summed E-state index contributed by atoms with van der Waals surface area (Å²) >= 11 is 1.93. The number of aromatic nitrogens is 2. The van der Waals surface area contributed by atoms with E-state index in [1.807, 2.05) is 11.8 Å². The van der Waals surface area contributed by atoms with Crippen molar-refractivity contribution in [1.82, 2.24) is 10.2 Å². The summed E-state index contributed by atoms with van der Waals surface area (Å²) in [5, 5.41) is 20.5. The van der Waals surface area contributed by atoms with Crippen LogP contribution in [-0.4, -0.2) is 38.8 Å². The minimum Gasteiger partial charge on any atom is -0.478 e. The van der Waals surface area contributed by atoms with Crippen molar-refractivity contribution in [2.45, 2.75) is 32.7 Å². The van der Waals surface area contributed by atoms with Gasteiger partial charge in [-0.25, -0.2) is 4.79 Å². The third kappa shape index (κ3) is 2.75. The lowest BCUT2D eigenvalue weighted by Crippen LogP contribution is -2.27. The molecule has 98 valence electrons. The molecule has 1 aromatic rings. The highest BCUT2D eigenvalue weighted by Crippen LogP contribution is 2.23. The van der Waals surface area contributed by atoms with E-state index in [1.54, 1.807) is 13.8 Å². The van der Waals surface area contributed by atoms with Crippen molar-refractivity contribution in [3.8, 4) is 0 Å². The Morgan fingerprint density at radius 1 is 1.33 bits per heavy atom. The fraction of sp³-hybridized carbons (Fsp3) is 0.583. The maximum Gasteiger partial charge on any atom is 0.339 e. The third-order valence-corrected chi connectivity index (χ3v) is 4.28. The molecule has 1 aliphatic rings. The molecule has 0 spiro atoms. The highest BCUT2D eigenvalue weighted by atomic mass is 32.2. The summed E-state index contributed by atoms with van der Waals surface area (Å²) in [4.78, 5) is 11.3. The smallest absolute Gasteiger partial charge is 0.339 e. The first-order valence-corrected chi connectivity index (χ1v) is 7.16. The molecule has 0 amide bonds. The zero-order valence-corrected chi connectivity index (χ0v) is 11.4. The highest BCUT2D eigenvalue weighted by Gasteiger charge is 2.21. The number of thioether (sulfide) groups is 1. The Labute approximate surface area is 110 Å².